The van der Waals surface area contributed by atoms with Crippen molar-refractivity contribution in [2.45, 2.75) is 6.10 Å². The molecule has 1 atom stereocenters. The van der Waals surface area contributed by atoms with Crippen LogP contribution >= 0.6 is 11.6 Å². The monoisotopic (exact) mass is 229 g/mol. The molecule has 1 aromatic rings. The molecule has 5 heteroatoms. The number of hydrogen-bond acceptors (Lipinski definition) is 4. The molecule has 0 radical (unpaired) electrons. The summed E-state index contributed by atoms with van der Waals surface area (Å²) in [6, 6.07) is 3.35. The van der Waals surface area contributed by atoms with Gasteiger partial charge in [0.1, 0.15) is 13.2 Å². The third kappa shape index (κ3) is 2.02. The molecule has 0 amide bonds. The van der Waals surface area contributed by atoms with Crippen molar-refractivity contribution >= 4 is 11.6 Å². The summed E-state index contributed by atoms with van der Waals surface area (Å²) in [5.41, 5.74) is 6.01. The van der Waals surface area contributed by atoms with Crippen molar-refractivity contribution in [2.24, 2.45) is 5.73 Å². The van der Waals surface area contributed by atoms with Crippen LogP contribution in [-0.2, 0) is 0 Å². The van der Waals surface area contributed by atoms with Crippen molar-refractivity contribution < 1.29 is 14.6 Å². The van der Waals surface area contributed by atoms with E-state index in [9.17, 15) is 5.11 Å². The molecule has 1 aliphatic rings. The molecule has 0 bridgehead atoms. The third-order valence-electron chi connectivity index (χ3n) is 2.23. The van der Waals surface area contributed by atoms with Crippen molar-refractivity contribution in [3.63, 3.8) is 0 Å². The molecule has 0 saturated heterocycles. The third-order valence-corrected chi connectivity index (χ3v) is 2.51. The van der Waals surface area contributed by atoms with Gasteiger partial charge in [0.2, 0.25) is 0 Å². The van der Waals surface area contributed by atoms with Crippen LogP contribution in [0.15, 0.2) is 12.1 Å². The molecular formula is C10H12ClNO3. The molecule has 15 heavy (non-hydrogen) atoms. The predicted octanol–water partition coefficient (Wildman–Crippen LogP) is 1.10. The largest absolute Gasteiger partial charge is 0.486 e. The van der Waals surface area contributed by atoms with Gasteiger partial charge in [-0.1, -0.05) is 11.6 Å². The molecule has 0 fully saturated rings. The lowest BCUT2D eigenvalue weighted by atomic mass is 10.1. The number of halogens is 1. The number of ether oxygens (including phenoxy) is 2. The summed E-state index contributed by atoms with van der Waals surface area (Å²) in [4.78, 5) is 0. The molecule has 0 aliphatic carbocycles. The van der Waals surface area contributed by atoms with Gasteiger partial charge in [0.05, 0.1) is 11.1 Å². The second-order valence-electron chi connectivity index (χ2n) is 3.28. The van der Waals surface area contributed by atoms with Crippen molar-refractivity contribution in [1.29, 1.82) is 0 Å². The maximum absolute atomic E-state index is 9.58. The first kappa shape index (κ1) is 10.5. The van der Waals surface area contributed by atoms with Crippen LogP contribution in [0.4, 0.5) is 0 Å². The summed E-state index contributed by atoms with van der Waals surface area (Å²) in [7, 11) is 0. The second kappa shape index (κ2) is 4.26. The van der Waals surface area contributed by atoms with E-state index < -0.39 is 6.10 Å². The fourth-order valence-electron chi connectivity index (χ4n) is 1.46. The highest BCUT2D eigenvalue weighted by atomic mass is 35.5. The summed E-state index contributed by atoms with van der Waals surface area (Å²) in [5, 5.41) is 10.0. The van der Waals surface area contributed by atoms with Gasteiger partial charge in [0, 0.05) is 6.54 Å². The molecule has 2 rings (SSSR count). The van der Waals surface area contributed by atoms with Gasteiger partial charge < -0.3 is 20.3 Å². The maximum atomic E-state index is 9.58. The van der Waals surface area contributed by atoms with Gasteiger partial charge in [0.25, 0.3) is 0 Å². The molecule has 4 nitrogen and oxygen atoms in total. The molecule has 0 saturated carbocycles. The summed E-state index contributed by atoms with van der Waals surface area (Å²) in [6.45, 7) is 1.13. The van der Waals surface area contributed by atoms with Gasteiger partial charge in [0.15, 0.2) is 11.5 Å². The lowest BCUT2D eigenvalue weighted by Crippen LogP contribution is -2.17. The molecule has 1 aromatic carbocycles. The highest BCUT2D eigenvalue weighted by Crippen LogP contribution is 2.39. The minimum atomic E-state index is -0.724. The Bertz CT molecular complexity index is 370. The van der Waals surface area contributed by atoms with Crippen LogP contribution in [-0.4, -0.2) is 24.9 Å². The first-order valence-electron chi connectivity index (χ1n) is 4.69. The zero-order valence-electron chi connectivity index (χ0n) is 8.07. The average molecular weight is 230 g/mol. The van der Waals surface area contributed by atoms with Crippen LogP contribution in [0.3, 0.4) is 0 Å². The number of nitrogens with two attached hydrogens (primary N) is 1. The topological polar surface area (TPSA) is 64.7 Å². The van der Waals surface area contributed by atoms with E-state index in [1.54, 1.807) is 12.1 Å². The SMILES string of the molecule is NC[C@@H](O)c1cc(Cl)c2c(c1)OCCO2. The number of aliphatic hydroxyl groups excluding tert-OH is 1. The van der Waals surface area contributed by atoms with Crippen LogP contribution in [0, 0.1) is 0 Å². The van der Waals surface area contributed by atoms with E-state index in [1.807, 2.05) is 0 Å². The lowest BCUT2D eigenvalue weighted by molar-refractivity contribution is 0.167. The minimum Gasteiger partial charge on any atom is -0.486 e. The first-order valence-corrected chi connectivity index (χ1v) is 5.07. The molecule has 0 aromatic heterocycles. The van der Waals surface area contributed by atoms with Crippen LogP contribution in [0.1, 0.15) is 11.7 Å². The van der Waals surface area contributed by atoms with E-state index in [1.165, 1.54) is 0 Å². The van der Waals surface area contributed by atoms with Crippen molar-refractivity contribution in [2.75, 3.05) is 19.8 Å². The maximum Gasteiger partial charge on any atom is 0.179 e. The Morgan fingerprint density at radius 1 is 1.40 bits per heavy atom. The highest BCUT2D eigenvalue weighted by molar-refractivity contribution is 6.32. The Kier molecular flexibility index (Phi) is 3.00. The summed E-state index contributed by atoms with van der Waals surface area (Å²) in [6.07, 6.45) is -0.724. The zero-order valence-corrected chi connectivity index (χ0v) is 8.83. The number of rotatable bonds is 2. The van der Waals surface area contributed by atoms with E-state index in [0.29, 0.717) is 35.3 Å². The zero-order chi connectivity index (χ0) is 10.8. The molecule has 0 unspecified atom stereocenters. The molecular weight excluding hydrogens is 218 g/mol. The Morgan fingerprint density at radius 3 is 2.87 bits per heavy atom. The lowest BCUT2D eigenvalue weighted by Gasteiger charge is -2.21. The van der Waals surface area contributed by atoms with Gasteiger partial charge in [-0.25, -0.2) is 0 Å². The number of benzene rings is 1. The second-order valence-corrected chi connectivity index (χ2v) is 3.69. The Morgan fingerprint density at radius 2 is 2.13 bits per heavy atom. The summed E-state index contributed by atoms with van der Waals surface area (Å²) < 4.78 is 10.7. The van der Waals surface area contributed by atoms with Crippen LogP contribution in [0.2, 0.25) is 5.02 Å². The highest BCUT2D eigenvalue weighted by Gasteiger charge is 2.18. The molecule has 82 valence electrons. The number of hydrogen-bond donors (Lipinski definition) is 2. The quantitative estimate of drug-likeness (QED) is 0.797. The normalized spacial score (nSPS) is 16.2. The number of fused-ring (bicyclic) bond motifs is 1. The molecule has 3 N–H and O–H groups in total. The van der Waals surface area contributed by atoms with Gasteiger partial charge in [-0.05, 0) is 17.7 Å². The van der Waals surface area contributed by atoms with Crippen LogP contribution in [0.25, 0.3) is 0 Å². The van der Waals surface area contributed by atoms with E-state index >= 15 is 0 Å². The predicted molar refractivity (Wildman–Crippen MR) is 56.5 cm³/mol. The minimum absolute atomic E-state index is 0.149. The standard InChI is InChI=1S/C10H12ClNO3/c11-7-3-6(8(13)5-12)4-9-10(7)15-2-1-14-9/h3-4,8,13H,1-2,5,12H2/t8-/m1/s1. The fourth-order valence-corrected chi connectivity index (χ4v) is 1.73. The summed E-state index contributed by atoms with van der Waals surface area (Å²) >= 11 is 5.99. The average Bonchev–Trinajstić information content (AvgIpc) is 2.28. The Balaban J connectivity index is 2.40. The number of aliphatic hydroxyl groups is 1. The van der Waals surface area contributed by atoms with E-state index in [0.717, 1.165) is 0 Å². The smallest absolute Gasteiger partial charge is 0.179 e. The Hall–Kier alpha value is -0.970. The van der Waals surface area contributed by atoms with Crippen molar-refractivity contribution in [3.8, 4) is 11.5 Å². The van der Waals surface area contributed by atoms with E-state index in [2.05, 4.69) is 0 Å². The van der Waals surface area contributed by atoms with E-state index in [4.69, 9.17) is 26.8 Å². The molecule has 1 aliphatic heterocycles. The fraction of sp³-hybridized carbons (Fsp3) is 0.400. The van der Waals surface area contributed by atoms with Crippen LogP contribution < -0.4 is 15.2 Å². The summed E-state index contributed by atoms with van der Waals surface area (Å²) in [5.74, 6) is 1.10. The first-order chi connectivity index (χ1) is 7.22. The Labute approximate surface area is 92.5 Å². The molecule has 1 heterocycles. The van der Waals surface area contributed by atoms with Gasteiger partial charge in [-0.3, -0.25) is 0 Å². The van der Waals surface area contributed by atoms with Gasteiger partial charge >= 0.3 is 0 Å². The van der Waals surface area contributed by atoms with E-state index in [-0.39, 0.29) is 6.54 Å². The van der Waals surface area contributed by atoms with Crippen molar-refractivity contribution in [1.82, 2.24) is 0 Å². The van der Waals surface area contributed by atoms with Gasteiger partial charge in [-0.2, -0.15) is 0 Å². The van der Waals surface area contributed by atoms with Gasteiger partial charge in [-0.15, -0.1) is 0 Å². The molecule has 0 spiro atoms. The van der Waals surface area contributed by atoms with Crippen LogP contribution in [0.5, 0.6) is 11.5 Å². The van der Waals surface area contributed by atoms with Crippen molar-refractivity contribution in [3.05, 3.63) is 22.7 Å².